The summed E-state index contributed by atoms with van der Waals surface area (Å²) in [5.41, 5.74) is 0.486. The van der Waals surface area contributed by atoms with Gasteiger partial charge >= 0.3 is 0 Å². The van der Waals surface area contributed by atoms with Crippen molar-refractivity contribution in [3.63, 3.8) is 0 Å². The number of rotatable bonds is 6. The van der Waals surface area contributed by atoms with E-state index < -0.39 is 23.1 Å². The number of para-hydroxylation sites is 1. The minimum Gasteiger partial charge on any atom is -0.507 e. The van der Waals surface area contributed by atoms with Crippen molar-refractivity contribution in [2.24, 2.45) is 0 Å². The van der Waals surface area contributed by atoms with Crippen molar-refractivity contribution in [1.29, 1.82) is 0 Å². The van der Waals surface area contributed by atoms with E-state index in [-0.39, 0.29) is 24.0 Å². The topological polar surface area (TPSA) is 96.4 Å². The summed E-state index contributed by atoms with van der Waals surface area (Å²) in [6, 6.07) is 12.3. The zero-order valence-corrected chi connectivity index (χ0v) is 20.0. The molecule has 8 heteroatoms. The molecule has 0 aromatic heterocycles. The maximum atomic E-state index is 14.1. The average Bonchev–Trinajstić information content (AvgIpc) is 3.42. The lowest BCUT2D eigenvalue weighted by Crippen LogP contribution is -2.52. The number of carbonyl (C=O) groups excluding carboxylic acids is 3. The van der Waals surface area contributed by atoms with Gasteiger partial charge in [0.05, 0.1) is 11.3 Å². The smallest absolute Gasteiger partial charge is 0.296 e. The number of anilines is 1. The normalized spacial score (nSPS) is 24.3. The zero-order chi connectivity index (χ0) is 24.9. The van der Waals surface area contributed by atoms with E-state index in [1.807, 2.05) is 19.9 Å². The third-order valence-electron chi connectivity index (χ3n) is 7.03. The Morgan fingerprint density at radius 2 is 1.97 bits per heavy atom. The van der Waals surface area contributed by atoms with Crippen LogP contribution in [0, 0.1) is 0 Å². The summed E-state index contributed by atoms with van der Waals surface area (Å²) in [5, 5.41) is 11.6. The van der Waals surface area contributed by atoms with E-state index in [1.54, 1.807) is 48.4 Å². The average molecular weight is 477 g/mol. The molecule has 0 aliphatic carbocycles. The second kappa shape index (κ2) is 8.53. The molecule has 0 saturated carbocycles. The zero-order valence-electron chi connectivity index (χ0n) is 20.0. The molecule has 0 unspecified atom stereocenters. The van der Waals surface area contributed by atoms with Crippen molar-refractivity contribution in [1.82, 2.24) is 4.90 Å². The number of methoxy groups -OCH3 is 1. The highest BCUT2D eigenvalue weighted by Gasteiger charge is 2.66. The number of nitrogens with zero attached hydrogens (tertiary/aromatic N) is 2. The van der Waals surface area contributed by atoms with Crippen LogP contribution in [0.25, 0.3) is 5.76 Å². The summed E-state index contributed by atoms with van der Waals surface area (Å²) in [6.45, 7) is 4.63. The van der Waals surface area contributed by atoms with E-state index in [4.69, 9.17) is 9.47 Å². The molecule has 0 radical (unpaired) electrons. The van der Waals surface area contributed by atoms with Crippen LogP contribution < -0.4 is 9.64 Å². The number of aliphatic hydroxyl groups is 1. The minimum atomic E-state index is -1.73. The number of Topliss-reactive ketones (excluding diaryl/α,β-unsaturated/α-hetero) is 1. The Balaban J connectivity index is 1.76. The number of likely N-dealkylation sites (tertiary alicyclic amines) is 1. The van der Waals surface area contributed by atoms with Crippen LogP contribution in [0.3, 0.4) is 0 Å². The molecule has 35 heavy (non-hydrogen) atoms. The molecule has 3 aliphatic heterocycles. The maximum Gasteiger partial charge on any atom is 0.296 e. The largest absolute Gasteiger partial charge is 0.507 e. The van der Waals surface area contributed by atoms with Gasteiger partial charge in [-0.05, 0) is 50.1 Å². The van der Waals surface area contributed by atoms with Gasteiger partial charge in [0, 0.05) is 44.4 Å². The molecule has 1 N–H and O–H groups in total. The van der Waals surface area contributed by atoms with Crippen molar-refractivity contribution in [3.8, 4) is 5.75 Å². The summed E-state index contributed by atoms with van der Waals surface area (Å²) < 4.78 is 10.9. The first-order chi connectivity index (χ1) is 16.9. The van der Waals surface area contributed by atoms with Crippen LogP contribution in [0.2, 0.25) is 0 Å². The van der Waals surface area contributed by atoms with Crippen molar-refractivity contribution >= 4 is 29.0 Å². The number of ether oxygens (including phenoxy) is 2. The molecule has 2 amide bonds. The van der Waals surface area contributed by atoms with E-state index in [0.29, 0.717) is 42.8 Å². The molecule has 0 bridgehead atoms. The second-order valence-corrected chi connectivity index (χ2v) is 9.09. The number of hydrogen-bond donors (Lipinski definition) is 1. The SMILES string of the molecule is CCN1C(=O)[C@@]2(C(=C(O)c3ccc4c(c3)C[C@@H](C)O4)C(=O)C(=O)N2CCCOC)c2ccccc21. The van der Waals surface area contributed by atoms with Gasteiger partial charge in [0.15, 0.2) is 5.54 Å². The van der Waals surface area contributed by atoms with Crippen LogP contribution in [0.1, 0.15) is 37.0 Å². The van der Waals surface area contributed by atoms with Crippen LogP contribution in [0.15, 0.2) is 48.0 Å². The Hall–Kier alpha value is -3.65. The van der Waals surface area contributed by atoms with Crippen LogP contribution in [-0.2, 0) is 31.1 Å². The fraction of sp³-hybridized carbons (Fsp3) is 0.370. The van der Waals surface area contributed by atoms with E-state index in [0.717, 1.165) is 11.3 Å². The van der Waals surface area contributed by atoms with Gasteiger partial charge in [0.1, 0.15) is 17.6 Å². The second-order valence-electron chi connectivity index (χ2n) is 9.09. The number of benzene rings is 2. The lowest BCUT2D eigenvalue weighted by Gasteiger charge is -2.34. The molecule has 182 valence electrons. The van der Waals surface area contributed by atoms with Gasteiger partial charge in [-0.25, -0.2) is 0 Å². The fourth-order valence-corrected chi connectivity index (χ4v) is 5.56. The predicted octanol–water partition coefficient (Wildman–Crippen LogP) is 2.99. The molecule has 2 aromatic rings. The lowest BCUT2D eigenvalue weighted by molar-refractivity contribution is -0.143. The molecule has 1 fully saturated rings. The Morgan fingerprint density at radius 3 is 2.71 bits per heavy atom. The van der Waals surface area contributed by atoms with Crippen molar-refractivity contribution in [3.05, 3.63) is 64.7 Å². The van der Waals surface area contributed by atoms with Gasteiger partial charge in [-0.1, -0.05) is 18.2 Å². The van der Waals surface area contributed by atoms with Crippen LogP contribution in [-0.4, -0.2) is 60.5 Å². The number of ketones is 1. The van der Waals surface area contributed by atoms with Crippen LogP contribution in [0.5, 0.6) is 5.75 Å². The number of likely N-dealkylation sites (N-methyl/N-ethyl adjacent to an activating group) is 1. The summed E-state index contributed by atoms with van der Waals surface area (Å²) in [4.78, 5) is 43.9. The summed E-state index contributed by atoms with van der Waals surface area (Å²) in [7, 11) is 1.55. The lowest BCUT2D eigenvalue weighted by atomic mass is 9.81. The van der Waals surface area contributed by atoms with Crippen molar-refractivity contribution < 1.29 is 29.0 Å². The third kappa shape index (κ3) is 3.20. The summed E-state index contributed by atoms with van der Waals surface area (Å²) in [5.74, 6) is -1.73. The highest BCUT2D eigenvalue weighted by molar-refractivity contribution is 6.50. The molecule has 3 aliphatic rings. The number of aliphatic hydroxyl groups excluding tert-OH is 1. The number of carbonyl (C=O) groups is 3. The molecule has 2 aromatic carbocycles. The molecule has 3 heterocycles. The first-order valence-electron chi connectivity index (χ1n) is 11.9. The van der Waals surface area contributed by atoms with Crippen LogP contribution in [0.4, 0.5) is 5.69 Å². The molecular formula is C27H28N2O6. The quantitative estimate of drug-likeness (QED) is 0.298. The Kier molecular flexibility index (Phi) is 5.63. The first-order valence-corrected chi connectivity index (χ1v) is 11.9. The first kappa shape index (κ1) is 23.1. The third-order valence-corrected chi connectivity index (χ3v) is 7.03. The molecule has 1 saturated heterocycles. The Labute approximate surface area is 203 Å². The molecule has 5 rings (SSSR count). The molecule has 1 spiro atoms. The molecule has 8 nitrogen and oxygen atoms in total. The van der Waals surface area contributed by atoms with Gasteiger partial charge in [0.25, 0.3) is 17.6 Å². The van der Waals surface area contributed by atoms with Crippen LogP contribution >= 0.6 is 0 Å². The standard InChI is InChI=1S/C27H28N2O6/c1-4-28-20-9-6-5-8-19(20)27(26(28)33)22(24(31)25(32)29(27)12-7-13-34-3)23(30)17-10-11-21-18(15-17)14-16(2)35-21/h5-6,8-11,15-16,30H,4,7,12-14H2,1-3H3/t16-,27+/m1/s1. The van der Waals surface area contributed by atoms with E-state index in [9.17, 15) is 19.5 Å². The predicted molar refractivity (Wildman–Crippen MR) is 129 cm³/mol. The van der Waals surface area contributed by atoms with Crippen molar-refractivity contribution in [2.45, 2.75) is 38.3 Å². The maximum absolute atomic E-state index is 14.1. The summed E-state index contributed by atoms with van der Waals surface area (Å²) in [6.07, 6.45) is 1.10. The van der Waals surface area contributed by atoms with Gasteiger partial charge in [-0.2, -0.15) is 0 Å². The Morgan fingerprint density at radius 1 is 1.20 bits per heavy atom. The minimum absolute atomic E-state index is 0.00811. The highest BCUT2D eigenvalue weighted by atomic mass is 16.5. The highest BCUT2D eigenvalue weighted by Crippen LogP contribution is 2.53. The number of fused-ring (bicyclic) bond motifs is 3. The molecular weight excluding hydrogens is 448 g/mol. The number of hydrogen-bond acceptors (Lipinski definition) is 6. The van der Waals surface area contributed by atoms with E-state index in [2.05, 4.69) is 0 Å². The fourth-order valence-electron chi connectivity index (χ4n) is 5.56. The van der Waals surface area contributed by atoms with Gasteiger partial charge in [-0.15, -0.1) is 0 Å². The monoisotopic (exact) mass is 476 g/mol. The summed E-state index contributed by atoms with van der Waals surface area (Å²) >= 11 is 0. The van der Waals surface area contributed by atoms with E-state index >= 15 is 0 Å². The van der Waals surface area contributed by atoms with Gasteiger partial charge in [-0.3, -0.25) is 14.4 Å². The van der Waals surface area contributed by atoms with E-state index in [1.165, 1.54) is 4.90 Å². The molecule has 2 atom stereocenters. The number of amides is 2. The Bertz CT molecular complexity index is 1270. The van der Waals surface area contributed by atoms with Gasteiger partial charge in [0.2, 0.25) is 0 Å². The van der Waals surface area contributed by atoms with Gasteiger partial charge < -0.3 is 24.4 Å². The van der Waals surface area contributed by atoms with Crippen molar-refractivity contribution in [2.75, 3.05) is 31.7 Å².